The number of carboxylic acids is 1. The quantitative estimate of drug-likeness (QED) is 0.876. The number of aromatic carboxylic acids is 1. The Morgan fingerprint density at radius 2 is 2.35 bits per heavy atom. The molecule has 1 atom stereocenters. The number of methoxy groups -OCH3 is 1. The Bertz CT molecular complexity index is 854. The van der Waals surface area contributed by atoms with Gasteiger partial charge in [-0.1, -0.05) is 12.1 Å². The van der Waals surface area contributed by atoms with E-state index in [1.54, 1.807) is 13.2 Å². The van der Waals surface area contributed by atoms with Gasteiger partial charge in [0.1, 0.15) is 17.1 Å². The van der Waals surface area contributed by atoms with E-state index in [9.17, 15) is 9.59 Å². The monoisotopic (exact) mass is 312 g/mol. The van der Waals surface area contributed by atoms with Gasteiger partial charge < -0.3 is 9.84 Å². The average Bonchev–Trinajstić information content (AvgIpc) is 2.55. The Kier molecular flexibility index (Phi) is 3.73. The molecule has 0 fully saturated rings. The minimum atomic E-state index is -1.27. The summed E-state index contributed by atoms with van der Waals surface area (Å²) in [5.41, 5.74) is 0.986. The van der Waals surface area contributed by atoms with Crippen molar-refractivity contribution in [2.24, 2.45) is 0 Å². The maximum absolute atomic E-state index is 12.5. The highest BCUT2D eigenvalue weighted by atomic mass is 16.5. The number of rotatable bonds is 4. The van der Waals surface area contributed by atoms with Crippen LogP contribution in [-0.2, 0) is 6.54 Å². The first kappa shape index (κ1) is 15.0. The molecule has 3 rings (SSSR count). The van der Waals surface area contributed by atoms with Gasteiger partial charge in [-0.05, 0) is 24.1 Å². The lowest BCUT2D eigenvalue weighted by molar-refractivity contribution is 0.0693. The molecule has 1 aliphatic rings. The predicted octanol–water partition coefficient (Wildman–Crippen LogP) is 2.29. The van der Waals surface area contributed by atoms with E-state index in [2.05, 4.69) is 11.6 Å². The minimum Gasteiger partial charge on any atom is -0.497 e. The lowest BCUT2D eigenvalue weighted by Gasteiger charge is -2.28. The normalized spacial score (nSPS) is 15.4. The molecule has 1 aromatic heterocycles. The number of ether oxygens (including phenoxy) is 1. The van der Waals surface area contributed by atoms with Gasteiger partial charge in [0.25, 0.3) is 5.56 Å². The van der Waals surface area contributed by atoms with Crippen molar-refractivity contribution in [3.8, 4) is 17.1 Å². The standard InChI is InChI=1S/C17H16N2O4/c1-3-4-10-9-19-15(18-8-14(16(19)20)17(21)22)13-7-11(23-2)5-6-12(10)13/h3,5-8,10H,1,4,9H2,2H3,(H,21,22). The van der Waals surface area contributed by atoms with E-state index < -0.39 is 11.5 Å². The Balaban J connectivity index is 2.27. The van der Waals surface area contributed by atoms with E-state index in [1.807, 2.05) is 18.2 Å². The van der Waals surface area contributed by atoms with Crippen molar-refractivity contribution in [2.75, 3.05) is 7.11 Å². The van der Waals surface area contributed by atoms with Crippen LogP contribution in [0, 0.1) is 0 Å². The van der Waals surface area contributed by atoms with Gasteiger partial charge in [-0.15, -0.1) is 6.58 Å². The number of carbonyl (C=O) groups is 1. The van der Waals surface area contributed by atoms with Gasteiger partial charge in [0.2, 0.25) is 0 Å². The Morgan fingerprint density at radius 1 is 1.57 bits per heavy atom. The Hall–Kier alpha value is -2.89. The molecule has 1 aromatic carbocycles. The smallest absolute Gasteiger partial charge is 0.342 e. The van der Waals surface area contributed by atoms with Crippen molar-refractivity contribution in [2.45, 2.75) is 18.9 Å². The third-order valence-corrected chi connectivity index (χ3v) is 4.07. The number of hydrogen-bond donors (Lipinski definition) is 1. The van der Waals surface area contributed by atoms with E-state index in [0.717, 1.165) is 17.3 Å². The van der Waals surface area contributed by atoms with Crippen LogP contribution < -0.4 is 10.3 Å². The zero-order valence-corrected chi connectivity index (χ0v) is 12.7. The Morgan fingerprint density at radius 3 is 3.00 bits per heavy atom. The number of benzene rings is 1. The van der Waals surface area contributed by atoms with Crippen LogP contribution in [0.1, 0.15) is 28.3 Å². The molecule has 1 N–H and O–H groups in total. The first-order valence-electron chi connectivity index (χ1n) is 7.19. The molecule has 1 unspecified atom stereocenters. The molecule has 0 aliphatic carbocycles. The van der Waals surface area contributed by atoms with E-state index in [-0.39, 0.29) is 11.5 Å². The fourth-order valence-electron chi connectivity index (χ4n) is 2.96. The molecular formula is C17H16N2O4. The summed E-state index contributed by atoms with van der Waals surface area (Å²) in [6.45, 7) is 4.15. The van der Waals surface area contributed by atoms with Gasteiger partial charge in [-0.2, -0.15) is 0 Å². The second-order valence-electron chi connectivity index (χ2n) is 5.39. The topological polar surface area (TPSA) is 81.4 Å². The number of fused-ring (bicyclic) bond motifs is 3. The van der Waals surface area contributed by atoms with Gasteiger partial charge in [-0.3, -0.25) is 9.36 Å². The van der Waals surface area contributed by atoms with Crippen molar-refractivity contribution in [1.82, 2.24) is 9.55 Å². The number of nitrogens with zero attached hydrogens (tertiary/aromatic N) is 2. The van der Waals surface area contributed by atoms with E-state index in [4.69, 9.17) is 9.84 Å². The van der Waals surface area contributed by atoms with Gasteiger partial charge in [0, 0.05) is 24.2 Å². The minimum absolute atomic E-state index is 0.0458. The summed E-state index contributed by atoms with van der Waals surface area (Å²) in [5, 5.41) is 9.12. The van der Waals surface area contributed by atoms with Crippen molar-refractivity contribution >= 4 is 5.97 Å². The van der Waals surface area contributed by atoms with Crippen LogP contribution in [0.4, 0.5) is 0 Å². The second-order valence-corrected chi connectivity index (χ2v) is 5.39. The maximum atomic E-state index is 12.5. The Labute approximate surface area is 132 Å². The summed E-state index contributed by atoms with van der Waals surface area (Å²) in [7, 11) is 1.57. The summed E-state index contributed by atoms with van der Waals surface area (Å²) < 4.78 is 6.68. The highest BCUT2D eigenvalue weighted by Gasteiger charge is 2.27. The third-order valence-electron chi connectivity index (χ3n) is 4.07. The molecule has 6 nitrogen and oxygen atoms in total. The first-order chi connectivity index (χ1) is 11.1. The average molecular weight is 312 g/mol. The summed E-state index contributed by atoms with van der Waals surface area (Å²) in [6.07, 6.45) is 3.60. The molecule has 118 valence electrons. The van der Waals surface area contributed by atoms with Crippen LogP contribution in [0.2, 0.25) is 0 Å². The maximum Gasteiger partial charge on any atom is 0.342 e. The van der Waals surface area contributed by atoms with Crippen LogP contribution in [-0.4, -0.2) is 27.7 Å². The van der Waals surface area contributed by atoms with Crippen LogP contribution in [0.3, 0.4) is 0 Å². The zero-order valence-electron chi connectivity index (χ0n) is 12.7. The van der Waals surface area contributed by atoms with Crippen LogP contribution in [0.15, 0.2) is 41.8 Å². The fraction of sp³-hybridized carbons (Fsp3) is 0.235. The lowest BCUT2D eigenvalue weighted by Crippen LogP contribution is -2.33. The van der Waals surface area contributed by atoms with Crippen molar-refractivity contribution in [3.05, 3.63) is 58.5 Å². The molecule has 0 bridgehead atoms. The molecule has 0 saturated carbocycles. The SMILES string of the molecule is C=CCC1Cn2c(ncc(C(=O)O)c2=O)-c2cc(OC)ccc21. The van der Waals surface area contributed by atoms with E-state index in [1.165, 1.54) is 4.57 Å². The summed E-state index contributed by atoms with van der Waals surface area (Å²) >= 11 is 0. The highest BCUT2D eigenvalue weighted by Crippen LogP contribution is 2.37. The number of hydrogen-bond acceptors (Lipinski definition) is 4. The van der Waals surface area contributed by atoms with Crippen LogP contribution in [0.5, 0.6) is 5.75 Å². The molecule has 6 heteroatoms. The van der Waals surface area contributed by atoms with Gasteiger partial charge in [-0.25, -0.2) is 9.78 Å². The number of aromatic nitrogens is 2. The molecule has 2 aromatic rings. The molecule has 2 heterocycles. The fourth-order valence-corrected chi connectivity index (χ4v) is 2.96. The first-order valence-corrected chi connectivity index (χ1v) is 7.19. The molecule has 0 saturated heterocycles. The second kappa shape index (κ2) is 5.72. The molecule has 23 heavy (non-hydrogen) atoms. The predicted molar refractivity (Wildman–Crippen MR) is 85.0 cm³/mol. The van der Waals surface area contributed by atoms with Crippen molar-refractivity contribution in [3.63, 3.8) is 0 Å². The molecule has 1 aliphatic heterocycles. The molecule has 0 spiro atoms. The molecule has 0 amide bonds. The zero-order chi connectivity index (χ0) is 16.6. The number of carboxylic acid groups (broad SMARTS) is 1. The van der Waals surface area contributed by atoms with Crippen LogP contribution >= 0.6 is 0 Å². The molecule has 0 radical (unpaired) electrons. The summed E-state index contributed by atoms with van der Waals surface area (Å²) in [6, 6.07) is 5.65. The summed E-state index contributed by atoms with van der Waals surface area (Å²) in [4.78, 5) is 27.8. The largest absolute Gasteiger partial charge is 0.497 e. The number of allylic oxidation sites excluding steroid dienone is 1. The summed E-state index contributed by atoms with van der Waals surface area (Å²) in [5.74, 6) is -0.0979. The van der Waals surface area contributed by atoms with Gasteiger partial charge in [0.15, 0.2) is 0 Å². The van der Waals surface area contributed by atoms with Gasteiger partial charge >= 0.3 is 5.97 Å². The van der Waals surface area contributed by atoms with Crippen molar-refractivity contribution in [1.29, 1.82) is 0 Å². The van der Waals surface area contributed by atoms with Crippen molar-refractivity contribution < 1.29 is 14.6 Å². The van der Waals surface area contributed by atoms with Gasteiger partial charge in [0.05, 0.1) is 7.11 Å². The van der Waals surface area contributed by atoms with E-state index in [0.29, 0.717) is 24.5 Å². The molecular weight excluding hydrogens is 296 g/mol. The lowest BCUT2D eigenvalue weighted by atomic mass is 9.88. The highest BCUT2D eigenvalue weighted by molar-refractivity contribution is 5.87. The van der Waals surface area contributed by atoms with E-state index >= 15 is 0 Å². The third kappa shape index (κ3) is 2.42. The van der Waals surface area contributed by atoms with Crippen LogP contribution in [0.25, 0.3) is 11.4 Å².